The number of carboxylic acids is 1. The molecular formula is C10H10N4O2. The summed E-state index contributed by atoms with van der Waals surface area (Å²) in [5.74, 6) is -1.05. The molecule has 0 amide bonds. The highest BCUT2D eigenvalue weighted by Gasteiger charge is 2.13. The van der Waals surface area contributed by atoms with E-state index in [4.69, 9.17) is 10.8 Å². The molecule has 0 fully saturated rings. The standard InChI is InChI=1S/C10H10N4O2/c11-9(10(15)16)7-1-3-8(4-2-7)14-6-12-5-13-14/h1-6,9H,11H2,(H,15,16)/t9-/m0/s1. The van der Waals surface area contributed by atoms with Crippen LogP contribution in [0.5, 0.6) is 0 Å². The van der Waals surface area contributed by atoms with E-state index < -0.39 is 12.0 Å². The normalized spacial score (nSPS) is 12.3. The van der Waals surface area contributed by atoms with Gasteiger partial charge in [0.05, 0.1) is 5.69 Å². The first-order valence-electron chi connectivity index (χ1n) is 4.62. The molecule has 1 aromatic heterocycles. The van der Waals surface area contributed by atoms with Gasteiger partial charge in [0.2, 0.25) is 0 Å². The third kappa shape index (κ3) is 1.91. The van der Waals surface area contributed by atoms with Crippen molar-refractivity contribution in [3.05, 3.63) is 42.5 Å². The van der Waals surface area contributed by atoms with Gasteiger partial charge in [-0.25, -0.2) is 9.67 Å². The summed E-state index contributed by atoms with van der Waals surface area (Å²) in [5.41, 5.74) is 6.83. The molecule has 0 aliphatic heterocycles. The zero-order chi connectivity index (χ0) is 11.5. The van der Waals surface area contributed by atoms with Gasteiger partial charge in [0.1, 0.15) is 18.7 Å². The van der Waals surface area contributed by atoms with Gasteiger partial charge < -0.3 is 10.8 Å². The van der Waals surface area contributed by atoms with Gasteiger partial charge in [0.15, 0.2) is 0 Å². The van der Waals surface area contributed by atoms with Crippen molar-refractivity contribution >= 4 is 5.97 Å². The van der Waals surface area contributed by atoms with Gasteiger partial charge in [-0.3, -0.25) is 4.79 Å². The Kier molecular flexibility index (Phi) is 2.65. The van der Waals surface area contributed by atoms with Crippen molar-refractivity contribution in [3.8, 4) is 5.69 Å². The molecule has 6 heteroatoms. The van der Waals surface area contributed by atoms with Crippen LogP contribution in [0.2, 0.25) is 0 Å². The fourth-order valence-corrected chi connectivity index (χ4v) is 1.32. The lowest BCUT2D eigenvalue weighted by Crippen LogP contribution is -2.20. The van der Waals surface area contributed by atoms with Crippen molar-refractivity contribution in [1.29, 1.82) is 0 Å². The van der Waals surface area contributed by atoms with Crippen molar-refractivity contribution in [2.24, 2.45) is 5.73 Å². The van der Waals surface area contributed by atoms with Crippen molar-refractivity contribution < 1.29 is 9.90 Å². The number of aliphatic carboxylic acids is 1. The van der Waals surface area contributed by atoms with E-state index in [-0.39, 0.29) is 0 Å². The quantitative estimate of drug-likeness (QED) is 0.775. The molecule has 1 heterocycles. The van der Waals surface area contributed by atoms with E-state index in [1.165, 1.54) is 6.33 Å². The van der Waals surface area contributed by atoms with E-state index in [1.807, 2.05) is 0 Å². The molecule has 0 aliphatic carbocycles. The molecule has 0 radical (unpaired) electrons. The zero-order valence-corrected chi connectivity index (χ0v) is 8.32. The van der Waals surface area contributed by atoms with Crippen LogP contribution >= 0.6 is 0 Å². The molecule has 0 aliphatic rings. The summed E-state index contributed by atoms with van der Waals surface area (Å²) < 4.78 is 1.58. The molecule has 6 nitrogen and oxygen atoms in total. The van der Waals surface area contributed by atoms with Crippen molar-refractivity contribution in [3.63, 3.8) is 0 Å². The summed E-state index contributed by atoms with van der Waals surface area (Å²) in [4.78, 5) is 14.5. The Balaban J connectivity index is 2.26. The first kappa shape index (κ1) is 10.3. The summed E-state index contributed by atoms with van der Waals surface area (Å²) >= 11 is 0. The lowest BCUT2D eigenvalue weighted by Gasteiger charge is -2.07. The predicted octanol–water partition coefficient (Wildman–Crippen LogP) is 0.352. The summed E-state index contributed by atoms with van der Waals surface area (Å²) in [5, 5.41) is 12.7. The maximum Gasteiger partial charge on any atom is 0.325 e. The van der Waals surface area contributed by atoms with Gasteiger partial charge in [-0.1, -0.05) is 12.1 Å². The largest absolute Gasteiger partial charge is 0.480 e. The average molecular weight is 218 g/mol. The Hall–Kier alpha value is -2.21. The summed E-state index contributed by atoms with van der Waals surface area (Å²) in [6, 6.07) is 5.82. The molecule has 0 saturated heterocycles. The summed E-state index contributed by atoms with van der Waals surface area (Å²) in [6.07, 6.45) is 2.99. The van der Waals surface area contributed by atoms with Crippen LogP contribution in [0.25, 0.3) is 5.69 Å². The van der Waals surface area contributed by atoms with Crippen LogP contribution in [-0.2, 0) is 4.79 Å². The lowest BCUT2D eigenvalue weighted by atomic mass is 10.1. The predicted molar refractivity (Wildman–Crippen MR) is 55.9 cm³/mol. The molecule has 3 N–H and O–H groups in total. The van der Waals surface area contributed by atoms with Crippen LogP contribution in [0.4, 0.5) is 0 Å². The van der Waals surface area contributed by atoms with Crippen LogP contribution < -0.4 is 5.73 Å². The highest BCUT2D eigenvalue weighted by Crippen LogP contribution is 2.13. The van der Waals surface area contributed by atoms with Gasteiger partial charge in [0.25, 0.3) is 0 Å². The van der Waals surface area contributed by atoms with E-state index in [2.05, 4.69) is 10.1 Å². The number of aromatic nitrogens is 3. The Morgan fingerprint density at radius 1 is 1.38 bits per heavy atom. The number of nitrogens with two attached hydrogens (primary N) is 1. The number of carboxylic acid groups (broad SMARTS) is 1. The Morgan fingerprint density at radius 3 is 2.56 bits per heavy atom. The Bertz CT molecular complexity index is 478. The molecule has 1 atom stereocenters. The van der Waals surface area contributed by atoms with E-state index in [9.17, 15) is 4.79 Å². The molecule has 0 unspecified atom stereocenters. The Labute approximate surface area is 91.3 Å². The number of hydrogen-bond acceptors (Lipinski definition) is 4. The topological polar surface area (TPSA) is 94.0 Å². The third-order valence-corrected chi connectivity index (χ3v) is 2.20. The number of nitrogens with zero attached hydrogens (tertiary/aromatic N) is 3. The van der Waals surface area contributed by atoms with E-state index in [1.54, 1.807) is 35.3 Å². The smallest absolute Gasteiger partial charge is 0.325 e. The third-order valence-electron chi connectivity index (χ3n) is 2.20. The van der Waals surface area contributed by atoms with Crippen molar-refractivity contribution in [1.82, 2.24) is 14.8 Å². The first-order chi connectivity index (χ1) is 7.68. The van der Waals surface area contributed by atoms with Gasteiger partial charge in [-0.05, 0) is 17.7 Å². The molecule has 2 rings (SSSR count). The van der Waals surface area contributed by atoms with E-state index in [0.29, 0.717) is 5.56 Å². The van der Waals surface area contributed by atoms with Crippen LogP contribution in [-0.4, -0.2) is 25.8 Å². The molecular weight excluding hydrogens is 208 g/mol. The zero-order valence-electron chi connectivity index (χ0n) is 8.32. The van der Waals surface area contributed by atoms with E-state index in [0.717, 1.165) is 5.69 Å². The summed E-state index contributed by atoms with van der Waals surface area (Å²) in [7, 11) is 0. The fraction of sp³-hybridized carbons (Fsp3) is 0.100. The second-order valence-corrected chi connectivity index (χ2v) is 3.25. The molecule has 0 bridgehead atoms. The maximum atomic E-state index is 10.7. The molecule has 0 saturated carbocycles. The highest BCUT2D eigenvalue weighted by atomic mass is 16.4. The summed E-state index contributed by atoms with van der Waals surface area (Å²) in [6.45, 7) is 0. The van der Waals surface area contributed by atoms with Gasteiger partial charge in [-0.15, -0.1) is 0 Å². The van der Waals surface area contributed by atoms with Crippen LogP contribution in [0.1, 0.15) is 11.6 Å². The minimum atomic E-state index is -1.05. The van der Waals surface area contributed by atoms with E-state index >= 15 is 0 Å². The van der Waals surface area contributed by atoms with Gasteiger partial charge in [-0.2, -0.15) is 5.10 Å². The number of hydrogen-bond donors (Lipinski definition) is 2. The average Bonchev–Trinajstić information content (AvgIpc) is 2.81. The molecule has 2 aromatic rings. The molecule has 82 valence electrons. The van der Waals surface area contributed by atoms with Crippen molar-refractivity contribution in [2.75, 3.05) is 0 Å². The molecule has 1 aromatic carbocycles. The minimum Gasteiger partial charge on any atom is -0.480 e. The molecule has 0 spiro atoms. The monoisotopic (exact) mass is 218 g/mol. The van der Waals surface area contributed by atoms with Crippen LogP contribution in [0, 0.1) is 0 Å². The van der Waals surface area contributed by atoms with Gasteiger partial charge in [0, 0.05) is 0 Å². The minimum absolute atomic E-state index is 0.552. The number of carbonyl (C=O) groups is 1. The Morgan fingerprint density at radius 2 is 2.06 bits per heavy atom. The van der Waals surface area contributed by atoms with Gasteiger partial charge >= 0.3 is 5.97 Å². The SMILES string of the molecule is N[C@H](C(=O)O)c1ccc(-n2cncn2)cc1. The lowest BCUT2D eigenvalue weighted by molar-refractivity contribution is -0.138. The second-order valence-electron chi connectivity index (χ2n) is 3.25. The highest BCUT2D eigenvalue weighted by molar-refractivity contribution is 5.75. The maximum absolute atomic E-state index is 10.7. The van der Waals surface area contributed by atoms with Crippen LogP contribution in [0.15, 0.2) is 36.9 Å². The van der Waals surface area contributed by atoms with Crippen molar-refractivity contribution in [2.45, 2.75) is 6.04 Å². The fourth-order valence-electron chi connectivity index (χ4n) is 1.32. The first-order valence-corrected chi connectivity index (χ1v) is 4.62. The van der Waals surface area contributed by atoms with Crippen LogP contribution in [0.3, 0.4) is 0 Å². The molecule has 16 heavy (non-hydrogen) atoms. The number of benzene rings is 1. The number of rotatable bonds is 3. The second kappa shape index (κ2) is 4.11.